The van der Waals surface area contributed by atoms with Crippen LogP contribution in [0.15, 0.2) is 70.7 Å². The zero-order valence-electron chi connectivity index (χ0n) is 24.9. The zero-order chi connectivity index (χ0) is 34.7. The van der Waals surface area contributed by atoms with E-state index in [1.54, 1.807) is 19.1 Å². The monoisotopic (exact) mass is 644 g/mol. The predicted octanol–water partition coefficient (Wildman–Crippen LogP) is 3.79. The van der Waals surface area contributed by atoms with Crippen LogP contribution in [0, 0.1) is 26.6 Å². The van der Waals surface area contributed by atoms with E-state index >= 15 is 0 Å². The molecule has 0 fully saturated rings. The molecule has 0 aliphatic heterocycles. The number of carboxylic acid groups (broad SMARTS) is 1. The maximum atomic E-state index is 12.8. The third-order valence-electron chi connectivity index (χ3n) is 6.00. The van der Waals surface area contributed by atoms with Crippen molar-refractivity contribution in [3.8, 4) is 17.2 Å². The molecule has 0 radical (unpaired) electrons. The number of esters is 1. The summed E-state index contributed by atoms with van der Waals surface area (Å²) in [5.74, 6) is -4.53. The van der Waals surface area contributed by atoms with Gasteiger partial charge in [0.05, 0.1) is 6.61 Å². The number of hydrogen-bond acceptors (Lipinski definition) is 13. The number of aryl methyl sites for hydroxylation is 4. The first-order valence-electron chi connectivity index (χ1n) is 13.2. The lowest BCUT2D eigenvalue weighted by atomic mass is 10.0. The predicted molar refractivity (Wildman–Crippen MR) is 156 cm³/mol. The van der Waals surface area contributed by atoms with E-state index in [2.05, 4.69) is 9.15 Å². The highest BCUT2D eigenvalue weighted by Gasteiger charge is 2.20. The Hall–Kier alpha value is -5.99. The van der Waals surface area contributed by atoms with Crippen LogP contribution < -0.4 is 16.3 Å². The minimum Gasteiger partial charge on any atom is -0.502 e. The maximum Gasteiger partial charge on any atom is 0.345 e. The summed E-state index contributed by atoms with van der Waals surface area (Å²) in [6.07, 6.45) is 3.08. The highest BCUT2D eigenvalue weighted by Crippen LogP contribution is 2.14. The van der Waals surface area contributed by atoms with E-state index in [0.717, 1.165) is 24.4 Å². The second kappa shape index (κ2) is 16.2. The molecular weight excluding hydrogens is 615 g/mol. The lowest BCUT2D eigenvalue weighted by molar-refractivity contribution is 0.0518. The number of halogens is 1. The van der Waals surface area contributed by atoms with Crippen molar-refractivity contribution in [1.29, 1.82) is 0 Å². The van der Waals surface area contributed by atoms with Gasteiger partial charge in [-0.3, -0.25) is 19.2 Å². The van der Waals surface area contributed by atoms with E-state index in [-0.39, 0.29) is 47.3 Å². The molecule has 46 heavy (non-hydrogen) atoms. The standard InChI is InChI=1S/C15H13FO4.C9H10O5.C7H6O5/c1-9-14(15(19)13(18)8-20-9)12(17)7-4-10-2-5-11(16)6-3-10;1-3-13-9(12)7-5(2)14-4-6(10)8(7)11;1-3-5(7(10)11)6(9)4(8)2-12-3/h2-3,5-6,8,18H,4,7H2,1H3;4,10H,3H2,1-2H3;2,8H,1H3,(H,10,11). The van der Waals surface area contributed by atoms with Gasteiger partial charge in [0.2, 0.25) is 16.3 Å². The van der Waals surface area contributed by atoms with Crippen molar-refractivity contribution in [3.63, 3.8) is 0 Å². The minimum atomic E-state index is -1.41. The maximum absolute atomic E-state index is 12.8. The van der Waals surface area contributed by atoms with Crippen molar-refractivity contribution in [2.45, 2.75) is 40.5 Å². The zero-order valence-corrected chi connectivity index (χ0v) is 24.9. The summed E-state index contributed by atoms with van der Waals surface area (Å²) in [5.41, 5.74) is -2.55. The molecule has 0 amide bonds. The van der Waals surface area contributed by atoms with E-state index in [1.165, 1.54) is 32.9 Å². The molecule has 0 bridgehead atoms. The topological polar surface area (TPSA) is 232 Å². The first-order chi connectivity index (χ1) is 21.6. The van der Waals surface area contributed by atoms with Gasteiger partial charge in [0, 0.05) is 6.42 Å². The number of carbonyl (C=O) groups excluding carboxylic acids is 2. The fourth-order valence-corrected chi connectivity index (χ4v) is 3.68. The SMILES string of the molecule is CCOC(=O)c1c(C)occ(O)c1=O.Cc1occ(O)c(=O)c1C(=O)CCc1ccc(F)cc1.Cc1occ(O)c(=O)c1C(=O)O. The molecule has 0 unspecified atom stereocenters. The van der Waals surface area contributed by atoms with Crippen LogP contribution in [-0.4, -0.2) is 44.8 Å². The fourth-order valence-electron chi connectivity index (χ4n) is 3.68. The van der Waals surface area contributed by atoms with E-state index < -0.39 is 56.8 Å². The molecule has 14 nitrogen and oxygen atoms in total. The van der Waals surface area contributed by atoms with Gasteiger partial charge in [0.25, 0.3) is 0 Å². The average Bonchev–Trinajstić information content (AvgIpc) is 3.00. The van der Waals surface area contributed by atoms with Crippen molar-refractivity contribution in [3.05, 3.63) is 119 Å². The first kappa shape index (κ1) is 36.2. The van der Waals surface area contributed by atoms with Crippen LogP contribution in [0.2, 0.25) is 0 Å². The Morgan fingerprint density at radius 2 is 1.13 bits per heavy atom. The van der Waals surface area contributed by atoms with Gasteiger partial charge in [-0.2, -0.15) is 0 Å². The van der Waals surface area contributed by atoms with Crippen LogP contribution in [0.25, 0.3) is 0 Å². The Morgan fingerprint density at radius 1 is 0.717 bits per heavy atom. The van der Waals surface area contributed by atoms with Gasteiger partial charge in [-0.1, -0.05) is 12.1 Å². The van der Waals surface area contributed by atoms with Gasteiger partial charge < -0.3 is 38.4 Å². The van der Waals surface area contributed by atoms with Gasteiger partial charge in [0.1, 0.15) is 58.6 Å². The number of Topliss-reactive ketones (excluding diaryl/α,β-unsaturated/α-hetero) is 1. The molecule has 0 atom stereocenters. The Balaban J connectivity index is 0.000000250. The Kier molecular flexibility index (Phi) is 12.7. The number of hydrogen-bond donors (Lipinski definition) is 4. The van der Waals surface area contributed by atoms with Crippen LogP contribution in [0.1, 0.15) is 67.3 Å². The van der Waals surface area contributed by atoms with Crippen LogP contribution in [0.5, 0.6) is 17.2 Å². The van der Waals surface area contributed by atoms with Crippen molar-refractivity contribution in [2.24, 2.45) is 0 Å². The van der Waals surface area contributed by atoms with Gasteiger partial charge in [0.15, 0.2) is 23.0 Å². The van der Waals surface area contributed by atoms with E-state index in [1.807, 2.05) is 0 Å². The summed E-state index contributed by atoms with van der Waals surface area (Å²) >= 11 is 0. The number of carboxylic acids is 1. The van der Waals surface area contributed by atoms with Gasteiger partial charge >= 0.3 is 11.9 Å². The first-order valence-corrected chi connectivity index (χ1v) is 13.2. The number of aromatic carboxylic acids is 1. The quantitative estimate of drug-likeness (QED) is 0.166. The summed E-state index contributed by atoms with van der Waals surface area (Å²) < 4.78 is 31.7. The van der Waals surface area contributed by atoms with Crippen LogP contribution in [0.3, 0.4) is 0 Å². The second-order valence-electron chi connectivity index (χ2n) is 9.22. The van der Waals surface area contributed by atoms with Crippen molar-refractivity contribution in [2.75, 3.05) is 6.61 Å². The number of benzene rings is 1. The average molecular weight is 645 g/mol. The molecule has 4 rings (SSSR count). The molecule has 4 aromatic rings. The molecule has 4 N–H and O–H groups in total. The van der Waals surface area contributed by atoms with Gasteiger partial charge in [-0.15, -0.1) is 0 Å². The summed E-state index contributed by atoms with van der Waals surface area (Å²) in [6.45, 7) is 6.06. The number of ether oxygens (including phenoxy) is 1. The highest BCUT2D eigenvalue weighted by molar-refractivity contribution is 5.97. The molecule has 0 saturated heterocycles. The molecule has 244 valence electrons. The van der Waals surface area contributed by atoms with E-state index in [0.29, 0.717) is 6.42 Å². The lowest BCUT2D eigenvalue weighted by Crippen LogP contribution is -2.18. The lowest BCUT2D eigenvalue weighted by Gasteiger charge is -2.04. The number of ketones is 1. The van der Waals surface area contributed by atoms with Gasteiger partial charge in [-0.25, -0.2) is 14.0 Å². The van der Waals surface area contributed by atoms with Crippen molar-refractivity contribution < 1.29 is 57.2 Å². The van der Waals surface area contributed by atoms with Crippen molar-refractivity contribution in [1.82, 2.24) is 0 Å². The summed E-state index contributed by atoms with van der Waals surface area (Å²) in [6, 6.07) is 5.79. The smallest absolute Gasteiger partial charge is 0.345 e. The van der Waals surface area contributed by atoms with E-state index in [4.69, 9.17) is 24.2 Å². The largest absolute Gasteiger partial charge is 0.502 e. The fraction of sp³-hybridized carbons (Fsp3) is 0.226. The molecule has 3 aromatic heterocycles. The Morgan fingerprint density at radius 3 is 1.57 bits per heavy atom. The van der Waals surface area contributed by atoms with Crippen LogP contribution >= 0.6 is 0 Å². The minimum absolute atomic E-state index is 0.0229. The molecule has 15 heteroatoms. The third kappa shape index (κ3) is 9.25. The highest BCUT2D eigenvalue weighted by atomic mass is 19.1. The Labute approximate surface area is 258 Å². The van der Waals surface area contributed by atoms with Crippen LogP contribution in [-0.2, 0) is 11.2 Å². The Bertz CT molecular complexity index is 1900. The summed E-state index contributed by atoms with van der Waals surface area (Å²) in [7, 11) is 0. The van der Waals surface area contributed by atoms with Crippen molar-refractivity contribution >= 4 is 17.7 Å². The molecule has 1 aromatic carbocycles. The number of carbonyl (C=O) groups is 3. The second-order valence-corrected chi connectivity index (χ2v) is 9.22. The molecule has 0 aliphatic rings. The number of rotatable bonds is 7. The molecular formula is C31H29FO14. The van der Waals surface area contributed by atoms with Gasteiger partial charge in [-0.05, 0) is 51.8 Å². The summed E-state index contributed by atoms with van der Waals surface area (Å²) in [4.78, 5) is 67.6. The normalized spacial score (nSPS) is 10.1. The molecule has 3 heterocycles. The number of aromatic hydroxyl groups is 3. The summed E-state index contributed by atoms with van der Waals surface area (Å²) in [5, 5.41) is 35.6. The van der Waals surface area contributed by atoms with Crippen LogP contribution in [0.4, 0.5) is 4.39 Å². The third-order valence-corrected chi connectivity index (χ3v) is 6.00. The molecule has 0 spiro atoms. The molecule has 0 aliphatic carbocycles. The van der Waals surface area contributed by atoms with E-state index in [9.17, 15) is 38.3 Å². The molecule has 0 saturated carbocycles.